The van der Waals surface area contributed by atoms with E-state index >= 15 is 0 Å². The van der Waals surface area contributed by atoms with E-state index in [4.69, 9.17) is 4.55 Å². The molecule has 0 bridgehead atoms. The molecule has 0 aliphatic heterocycles. The van der Waals surface area contributed by atoms with Crippen molar-refractivity contribution in [2.24, 2.45) is 0 Å². The van der Waals surface area contributed by atoms with Gasteiger partial charge in [-0.2, -0.15) is 8.42 Å². The van der Waals surface area contributed by atoms with Gasteiger partial charge in [-0.15, -0.1) is 0 Å². The van der Waals surface area contributed by atoms with Gasteiger partial charge >= 0.3 is 0 Å². The summed E-state index contributed by atoms with van der Waals surface area (Å²) in [6.45, 7) is 0. The molecule has 0 aromatic heterocycles. The average molecular weight is 247 g/mol. The molecule has 2 aromatic carbocycles. The van der Waals surface area contributed by atoms with Gasteiger partial charge in [0.15, 0.2) is 0 Å². The van der Waals surface area contributed by atoms with Crippen molar-refractivity contribution in [1.82, 2.24) is 0 Å². The molecule has 0 aliphatic rings. The fraction of sp³-hybridized carbons (Fsp3) is 0. The van der Waals surface area contributed by atoms with Gasteiger partial charge in [-0.05, 0) is 29.7 Å². The summed E-state index contributed by atoms with van der Waals surface area (Å²) in [5.41, 5.74) is 0. The molecule has 0 heterocycles. The van der Waals surface area contributed by atoms with Crippen LogP contribution in [0.3, 0.4) is 0 Å². The van der Waals surface area contributed by atoms with Gasteiger partial charge in [0.05, 0.1) is 0 Å². The third-order valence-corrected chi connectivity index (χ3v) is 3.01. The molecule has 2 rings (SSSR count). The molecule has 2 aromatic rings. The first-order valence-corrected chi connectivity index (χ1v) is 5.62. The van der Waals surface area contributed by atoms with Gasteiger partial charge in [0, 0.05) is 34.9 Å². The fourth-order valence-corrected chi connectivity index (χ4v) is 2.18. The molecule has 2 N–H and O–H groups in total. The van der Waals surface area contributed by atoms with Crippen LogP contribution in [0.2, 0.25) is 0 Å². The number of fused-ring (bicyclic) bond motifs is 1. The summed E-state index contributed by atoms with van der Waals surface area (Å²) in [5.74, 6) is 0.0509. The van der Waals surface area contributed by atoms with Crippen LogP contribution in [-0.4, -0.2) is 47.6 Å². The molecule has 0 saturated heterocycles. The smallest absolute Gasteiger partial charge is 0.295 e. The quantitative estimate of drug-likeness (QED) is 0.590. The summed E-state index contributed by atoms with van der Waals surface area (Å²) in [7, 11) is -4.22. The van der Waals surface area contributed by atoms with Crippen LogP contribution in [-0.2, 0) is 10.1 Å². The molecule has 0 saturated carbocycles. The van der Waals surface area contributed by atoms with Crippen LogP contribution in [0.5, 0.6) is 5.75 Å². The van der Waals surface area contributed by atoms with E-state index < -0.39 is 10.1 Å². The maximum atomic E-state index is 11.0. The number of phenols is 1. The molecule has 0 unspecified atom stereocenters. The number of phenolic OH excluding ortho intramolecular Hbond substituents is 1. The average Bonchev–Trinajstić information content (AvgIpc) is 2.15. The van der Waals surface area contributed by atoms with Crippen LogP contribution in [0.1, 0.15) is 0 Å². The minimum absolute atomic E-state index is 0. The fourth-order valence-electron chi connectivity index (χ4n) is 1.47. The Morgan fingerprint density at radius 1 is 1.06 bits per heavy atom. The first-order valence-electron chi connectivity index (χ1n) is 4.18. The molecule has 0 atom stereocenters. The van der Waals surface area contributed by atoms with E-state index in [1.165, 1.54) is 30.3 Å². The van der Waals surface area contributed by atoms with Crippen LogP contribution in [0, 0.1) is 0 Å². The second-order valence-corrected chi connectivity index (χ2v) is 4.53. The van der Waals surface area contributed by atoms with E-state index in [2.05, 4.69) is 0 Å². The van der Waals surface area contributed by atoms with Gasteiger partial charge in [0.1, 0.15) is 10.6 Å². The zero-order valence-electron chi connectivity index (χ0n) is 8.58. The van der Waals surface area contributed by atoms with Crippen molar-refractivity contribution in [1.29, 1.82) is 0 Å². The predicted octanol–water partition coefficient (Wildman–Crippen LogP) is 1.41. The predicted molar refractivity (Wildman–Crippen MR) is 61.2 cm³/mol. The van der Waals surface area contributed by atoms with Crippen molar-refractivity contribution in [3.63, 3.8) is 0 Å². The first kappa shape index (κ1) is 13.5. The summed E-state index contributed by atoms with van der Waals surface area (Å²) in [5, 5.41) is 10.2. The van der Waals surface area contributed by atoms with Gasteiger partial charge in [-0.25, -0.2) is 0 Å². The summed E-state index contributed by atoms with van der Waals surface area (Å²) in [4.78, 5) is -0.153. The Morgan fingerprint density at radius 2 is 1.75 bits per heavy atom. The maximum Gasteiger partial charge on any atom is 0.295 e. The molecule has 4 nitrogen and oxygen atoms in total. The third kappa shape index (κ3) is 2.56. The molecule has 79 valence electrons. The monoisotopic (exact) mass is 247 g/mol. The third-order valence-electron chi connectivity index (χ3n) is 2.10. The van der Waals surface area contributed by atoms with Crippen LogP contribution in [0.25, 0.3) is 10.8 Å². The van der Waals surface area contributed by atoms with E-state index in [0.717, 1.165) is 0 Å². The van der Waals surface area contributed by atoms with Crippen LogP contribution >= 0.6 is 0 Å². The zero-order chi connectivity index (χ0) is 11.1. The van der Waals surface area contributed by atoms with E-state index in [1.807, 2.05) is 0 Å². The number of rotatable bonds is 1. The Hall–Kier alpha value is -0.590. The summed E-state index contributed by atoms with van der Waals surface area (Å²) in [6.07, 6.45) is 0. The Balaban J connectivity index is 0.00000128. The summed E-state index contributed by atoms with van der Waals surface area (Å²) < 4.78 is 31.0. The number of hydrogen-bond acceptors (Lipinski definition) is 3. The summed E-state index contributed by atoms with van der Waals surface area (Å²) >= 11 is 0. The molecular formula is C10H8NaO4S. The van der Waals surface area contributed by atoms with Gasteiger partial charge in [0.2, 0.25) is 0 Å². The minimum Gasteiger partial charge on any atom is -0.508 e. The second-order valence-electron chi connectivity index (χ2n) is 3.14. The van der Waals surface area contributed by atoms with Crippen LogP contribution < -0.4 is 0 Å². The van der Waals surface area contributed by atoms with E-state index in [-0.39, 0.29) is 40.2 Å². The van der Waals surface area contributed by atoms with E-state index in [1.54, 1.807) is 6.07 Å². The van der Waals surface area contributed by atoms with Crippen molar-refractivity contribution in [2.75, 3.05) is 0 Å². The molecule has 0 fully saturated rings. The van der Waals surface area contributed by atoms with Gasteiger partial charge < -0.3 is 5.11 Å². The van der Waals surface area contributed by atoms with Crippen LogP contribution in [0.15, 0.2) is 41.3 Å². The van der Waals surface area contributed by atoms with E-state index in [0.29, 0.717) is 10.8 Å². The maximum absolute atomic E-state index is 11.0. The van der Waals surface area contributed by atoms with Crippen LogP contribution in [0.4, 0.5) is 0 Å². The van der Waals surface area contributed by atoms with Crippen molar-refractivity contribution < 1.29 is 18.1 Å². The molecule has 16 heavy (non-hydrogen) atoms. The Morgan fingerprint density at radius 3 is 2.38 bits per heavy atom. The molecular weight excluding hydrogens is 239 g/mol. The van der Waals surface area contributed by atoms with Crippen molar-refractivity contribution >= 4 is 50.4 Å². The van der Waals surface area contributed by atoms with E-state index in [9.17, 15) is 13.5 Å². The minimum atomic E-state index is -4.22. The molecule has 0 amide bonds. The molecule has 0 spiro atoms. The largest absolute Gasteiger partial charge is 0.508 e. The van der Waals surface area contributed by atoms with Gasteiger partial charge in [-0.1, -0.05) is 12.1 Å². The Bertz CT molecular complexity index is 622. The number of aromatic hydroxyl groups is 1. The van der Waals surface area contributed by atoms with Gasteiger partial charge in [0.25, 0.3) is 10.1 Å². The molecule has 0 aliphatic carbocycles. The Labute approximate surface area is 115 Å². The van der Waals surface area contributed by atoms with Crippen molar-refractivity contribution in [3.8, 4) is 5.75 Å². The number of hydrogen-bond donors (Lipinski definition) is 2. The van der Waals surface area contributed by atoms with Crippen molar-refractivity contribution in [3.05, 3.63) is 36.4 Å². The molecule has 6 heteroatoms. The molecule has 1 radical (unpaired) electrons. The zero-order valence-corrected chi connectivity index (χ0v) is 11.4. The standard InChI is InChI=1S/C10H8O4S.Na/c11-8-4-5-9-7(6-8)2-1-3-10(9)15(12,13)14;/h1-6,11H,(H,12,13,14);. The first-order chi connectivity index (χ1) is 6.98. The van der Waals surface area contributed by atoms with Gasteiger partial charge in [-0.3, -0.25) is 4.55 Å². The SMILES string of the molecule is O=S(=O)(O)c1cccc2cc(O)ccc12.[Na]. The Kier molecular flexibility index (Phi) is 3.98. The second kappa shape index (κ2) is 4.73. The normalized spacial score (nSPS) is 11.1. The number of benzene rings is 2. The summed E-state index contributed by atoms with van der Waals surface area (Å²) in [6, 6.07) is 8.73. The van der Waals surface area contributed by atoms with Crippen molar-refractivity contribution in [2.45, 2.75) is 4.90 Å². The topological polar surface area (TPSA) is 74.6 Å².